The van der Waals surface area contributed by atoms with Gasteiger partial charge in [0.25, 0.3) is 5.69 Å². The predicted molar refractivity (Wildman–Crippen MR) is 98.8 cm³/mol. The highest BCUT2D eigenvalue weighted by Crippen LogP contribution is 2.24. The van der Waals surface area contributed by atoms with Crippen LogP contribution in [0.2, 0.25) is 0 Å². The number of nitrogens with zero attached hydrogens (tertiary/aromatic N) is 4. The molecule has 1 aromatic heterocycles. The molecule has 0 aliphatic heterocycles. The Balaban J connectivity index is 1.64. The quantitative estimate of drug-likeness (QED) is 0.396. The molecule has 138 valence electrons. The lowest BCUT2D eigenvalue weighted by Gasteiger charge is -2.05. The number of carbonyl (C=O) groups is 1. The Morgan fingerprint density at radius 3 is 2.48 bits per heavy atom. The Morgan fingerprint density at radius 2 is 1.85 bits per heavy atom. The molecule has 0 bridgehead atoms. The third-order valence-electron chi connectivity index (χ3n) is 3.63. The molecule has 0 radical (unpaired) electrons. The highest BCUT2D eigenvalue weighted by Gasteiger charge is 2.14. The van der Waals surface area contributed by atoms with E-state index in [0.29, 0.717) is 22.2 Å². The first-order valence-corrected chi connectivity index (χ1v) is 8.75. The topological polar surface area (TPSA) is 103 Å². The SMILES string of the molecule is Cn1c(SCC(=O)Nc2ccc(F)cc2)nnc1-c1ccc([N+](=O)[O-])cc1. The molecule has 1 heterocycles. The van der Waals surface area contributed by atoms with Crippen LogP contribution < -0.4 is 5.32 Å². The van der Waals surface area contributed by atoms with E-state index in [-0.39, 0.29) is 23.2 Å². The number of non-ortho nitro benzene ring substituents is 1. The molecular weight excluding hydrogens is 373 g/mol. The highest BCUT2D eigenvalue weighted by molar-refractivity contribution is 7.99. The van der Waals surface area contributed by atoms with E-state index < -0.39 is 4.92 Å². The van der Waals surface area contributed by atoms with Crippen molar-refractivity contribution >= 4 is 29.0 Å². The van der Waals surface area contributed by atoms with Gasteiger partial charge in [-0.3, -0.25) is 14.9 Å². The molecule has 3 rings (SSSR count). The van der Waals surface area contributed by atoms with Crippen LogP contribution in [-0.4, -0.2) is 31.3 Å². The number of hydrogen-bond acceptors (Lipinski definition) is 6. The molecule has 10 heteroatoms. The van der Waals surface area contributed by atoms with E-state index in [9.17, 15) is 19.3 Å². The van der Waals surface area contributed by atoms with Gasteiger partial charge in [-0.05, 0) is 36.4 Å². The van der Waals surface area contributed by atoms with E-state index in [1.165, 1.54) is 48.2 Å². The van der Waals surface area contributed by atoms with Crippen LogP contribution in [0.15, 0.2) is 53.7 Å². The number of nitro groups is 1. The lowest BCUT2D eigenvalue weighted by atomic mass is 10.2. The zero-order valence-corrected chi connectivity index (χ0v) is 14.9. The van der Waals surface area contributed by atoms with Crippen molar-refractivity contribution in [1.29, 1.82) is 0 Å². The number of carbonyl (C=O) groups excluding carboxylic acids is 1. The van der Waals surface area contributed by atoms with Crippen molar-refractivity contribution in [1.82, 2.24) is 14.8 Å². The van der Waals surface area contributed by atoms with Gasteiger partial charge in [-0.2, -0.15) is 0 Å². The average Bonchev–Trinajstić information content (AvgIpc) is 3.02. The van der Waals surface area contributed by atoms with E-state index in [2.05, 4.69) is 15.5 Å². The first-order chi connectivity index (χ1) is 12.9. The zero-order chi connectivity index (χ0) is 19.4. The van der Waals surface area contributed by atoms with Crippen LogP contribution in [0, 0.1) is 15.9 Å². The van der Waals surface area contributed by atoms with E-state index >= 15 is 0 Å². The van der Waals surface area contributed by atoms with Crippen LogP contribution in [0.5, 0.6) is 0 Å². The van der Waals surface area contributed by atoms with Crippen molar-refractivity contribution in [2.45, 2.75) is 5.16 Å². The molecule has 0 fully saturated rings. The second-order valence-corrected chi connectivity index (χ2v) is 6.46. The molecule has 0 aliphatic rings. The lowest BCUT2D eigenvalue weighted by Crippen LogP contribution is -2.14. The van der Waals surface area contributed by atoms with Gasteiger partial charge in [0.15, 0.2) is 11.0 Å². The van der Waals surface area contributed by atoms with Gasteiger partial charge in [0, 0.05) is 30.4 Å². The molecule has 0 saturated carbocycles. The number of amides is 1. The van der Waals surface area contributed by atoms with Gasteiger partial charge >= 0.3 is 0 Å². The molecule has 0 spiro atoms. The summed E-state index contributed by atoms with van der Waals surface area (Å²) in [5.74, 6) is 0.00179. The average molecular weight is 387 g/mol. The van der Waals surface area contributed by atoms with Gasteiger partial charge in [0.05, 0.1) is 10.7 Å². The minimum atomic E-state index is -0.471. The second kappa shape index (κ2) is 7.96. The Hall–Kier alpha value is -3.27. The van der Waals surface area contributed by atoms with E-state index in [1.54, 1.807) is 23.7 Å². The summed E-state index contributed by atoms with van der Waals surface area (Å²) in [6.07, 6.45) is 0. The van der Waals surface area contributed by atoms with Crippen LogP contribution >= 0.6 is 11.8 Å². The maximum Gasteiger partial charge on any atom is 0.269 e. The maximum atomic E-state index is 12.9. The number of benzene rings is 2. The predicted octanol–water partition coefficient (Wildman–Crippen LogP) is 3.26. The molecular formula is C17H14FN5O3S. The van der Waals surface area contributed by atoms with Crippen LogP contribution in [0.25, 0.3) is 11.4 Å². The molecule has 0 atom stereocenters. The summed E-state index contributed by atoms with van der Waals surface area (Å²) in [5, 5.41) is 22.1. The van der Waals surface area contributed by atoms with Crippen molar-refractivity contribution in [2.24, 2.45) is 7.05 Å². The third-order valence-corrected chi connectivity index (χ3v) is 4.65. The minimum Gasteiger partial charge on any atom is -0.325 e. The largest absolute Gasteiger partial charge is 0.325 e. The zero-order valence-electron chi connectivity index (χ0n) is 14.1. The molecule has 3 aromatic rings. The summed E-state index contributed by atoms with van der Waals surface area (Å²) in [7, 11) is 1.75. The van der Waals surface area contributed by atoms with Crippen molar-refractivity contribution < 1.29 is 14.1 Å². The maximum absolute atomic E-state index is 12.9. The molecule has 27 heavy (non-hydrogen) atoms. The highest BCUT2D eigenvalue weighted by atomic mass is 32.2. The Labute approximate surface area is 157 Å². The van der Waals surface area contributed by atoms with Crippen molar-refractivity contribution in [3.8, 4) is 11.4 Å². The van der Waals surface area contributed by atoms with Crippen molar-refractivity contribution in [3.63, 3.8) is 0 Å². The van der Waals surface area contributed by atoms with E-state index in [4.69, 9.17) is 0 Å². The fourth-order valence-electron chi connectivity index (χ4n) is 2.28. The van der Waals surface area contributed by atoms with Crippen LogP contribution in [0.4, 0.5) is 15.8 Å². The molecule has 2 aromatic carbocycles. The van der Waals surface area contributed by atoms with Gasteiger partial charge in [0.1, 0.15) is 5.82 Å². The third kappa shape index (κ3) is 4.47. The van der Waals surface area contributed by atoms with Gasteiger partial charge < -0.3 is 9.88 Å². The summed E-state index contributed by atoms with van der Waals surface area (Å²) < 4.78 is 14.6. The number of anilines is 1. The van der Waals surface area contributed by atoms with Crippen LogP contribution in [-0.2, 0) is 11.8 Å². The van der Waals surface area contributed by atoms with Crippen molar-refractivity contribution in [3.05, 3.63) is 64.5 Å². The smallest absolute Gasteiger partial charge is 0.269 e. The summed E-state index contributed by atoms with van der Waals surface area (Å²) in [6, 6.07) is 11.5. The van der Waals surface area contributed by atoms with E-state index in [0.717, 1.165) is 0 Å². The number of nitro benzene ring substituents is 1. The molecule has 8 nitrogen and oxygen atoms in total. The Kier molecular flexibility index (Phi) is 5.46. The minimum absolute atomic E-state index is 0.00650. The number of halogens is 1. The molecule has 1 N–H and O–H groups in total. The number of aromatic nitrogens is 3. The molecule has 1 amide bonds. The molecule has 0 aliphatic carbocycles. The standard InChI is InChI=1S/C17H14FN5O3S/c1-22-16(11-2-8-14(9-3-11)23(25)26)20-21-17(22)27-10-15(24)19-13-6-4-12(18)5-7-13/h2-9H,10H2,1H3,(H,19,24). The fourth-order valence-corrected chi connectivity index (χ4v) is 3.00. The molecule has 0 saturated heterocycles. The molecule has 0 unspecified atom stereocenters. The van der Waals surface area contributed by atoms with Gasteiger partial charge in [-0.15, -0.1) is 10.2 Å². The van der Waals surface area contributed by atoms with Crippen molar-refractivity contribution in [2.75, 3.05) is 11.1 Å². The summed E-state index contributed by atoms with van der Waals surface area (Å²) in [5.41, 5.74) is 1.18. The summed E-state index contributed by atoms with van der Waals surface area (Å²) in [6.45, 7) is 0. The lowest BCUT2D eigenvalue weighted by molar-refractivity contribution is -0.384. The Morgan fingerprint density at radius 1 is 1.19 bits per heavy atom. The first-order valence-electron chi connectivity index (χ1n) is 7.76. The van der Waals surface area contributed by atoms with E-state index in [1.807, 2.05) is 0 Å². The van der Waals surface area contributed by atoms with Gasteiger partial charge in [0.2, 0.25) is 5.91 Å². The summed E-state index contributed by atoms with van der Waals surface area (Å²) >= 11 is 1.20. The first kappa shape index (κ1) is 18.5. The van der Waals surface area contributed by atoms with Crippen LogP contribution in [0.1, 0.15) is 0 Å². The monoisotopic (exact) mass is 387 g/mol. The van der Waals surface area contributed by atoms with Crippen LogP contribution in [0.3, 0.4) is 0 Å². The number of rotatable bonds is 6. The summed E-state index contributed by atoms with van der Waals surface area (Å²) in [4.78, 5) is 22.3. The fraction of sp³-hybridized carbons (Fsp3) is 0.118. The second-order valence-electron chi connectivity index (χ2n) is 5.51. The Bertz CT molecular complexity index is 973. The van der Waals surface area contributed by atoms with Gasteiger partial charge in [-0.1, -0.05) is 11.8 Å². The number of thioether (sulfide) groups is 1. The number of hydrogen-bond donors (Lipinski definition) is 1. The van der Waals surface area contributed by atoms with Gasteiger partial charge in [-0.25, -0.2) is 4.39 Å². The normalized spacial score (nSPS) is 10.6. The number of nitrogens with one attached hydrogen (secondary N) is 1.